The zero-order chi connectivity index (χ0) is 32.5. The zero-order valence-corrected chi connectivity index (χ0v) is 27.9. The molecule has 0 N–H and O–H groups in total. The molecule has 0 aliphatic carbocycles. The minimum absolute atomic E-state index is 0.435. The summed E-state index contributed by atoms with van der Waals surface area (Å²) in [6.45, 7) is 7.68. The van der Waals surface area contributed by atoms with Crippen LogP contribution in [0.25, 0.3) is 43.6 Å². The van der Waals surface area contributed by atoms with Crippen LogP contribution in [0.5, 0.6) is 0 Å². The second kappa shape index (κ2) is 12.7. The minimum Gasteiger partial charge on any atom is -0.345 e. The van der Waals surface area contributed by atoms with Crippen LogP contribution in [0.15, 0.2) is 146 Å². The van der Waals surface area contributed by atoms with Crippen LogP contribution in [0, 0.1) is 0 Å². The molecule has 47 heavy (non-hydrogen) atoms. The summed E-state index contributed by atoms with van der Waals surface area (Å²) >= 11 is 0. The number of rotatable bonds is 6. The molecular formula is C43H42N4. The van der Waals surface area contributed by atoms with Crippen molar-refractivity contribution in [1.82, 2.24) is 9.13 Å². The van der Waals surface area contributed by atoms with Crippen molar-refractivity contribution < 1.29 is 0 Å². The molecule has 0 aliphatic heterocycles. The first-order chi connectivity index (χ1) is 23.0. The maximum absolute atomic E-state index is 2.43. The molecule has 6 aromatic carbocycles. The van der Waals surface area contributed by atoms with E-state index in [4.69, 9.17) is 0 Å². The van der Waals surface area contributed by atoms with Crippen molar-refractivity contribution in [2.45, 2.75) is 33.4 Å². The molecule has 8 aromatic rings. The molecule has 4 heteroatoms. The maximum Gasteiger partial charge on any atom is 0.0495 e. The molecule has 0 bridgehead atoms. The van der Waals surface area contributed by atoms with Gasteiger partial charge in [-0.1, -0.05) is 72.8 Å². The lowest BCUT2D eigenvalue weighted by atomic mass is 10.1. The van der Waals surface area contributed by atoms with Gasteiger partial charge < -0.3 is 18.9 Å². The Morgan fingerprint density at radius 3 is 1.38 bits per heavy atom. The Morgan fingerprint density at radius 2 is 0.851 bits per heavy atom. The molecule has 0 atom stereocenters. The summed E-state index contributed by atoms with van der Waals surface area (Å²) in [6.07, 6.45) is 0. The summed E-state index contributed by atoms with van der Waals surface area (Å²) in [5.41, 5.74) is 10.0. The van der Waals surface area contributed by atoms with Crippen LogP contribution >= 0.6 is 0 Å². The predicted octanol–water partition coefficient (Wildman–Crippen LogP) is 11.7. The molecule has 0 saturated heterocycles. The quantitative estimate of drug-likeness (QED) is 0.185. The highest BCUT2D eigenvalue weighted by Gasteiger charge is 2.15. The van der Waals surface area contributed by atoms with Gasteiger partial charge in [-0.2, -0.15) is 0 Å². The molecule has 0 fully saturated rings. The van der Waals surface area contributed by atoms with Gasteiger partial charge in [0.2, 0.25) is 0 Å². The van der Waals surface area contributed by atoms with E-state index in [9.17, 15) is 0 Å². The largest absolute Gasteiger partial charge is 0.345 e. The van der Waals surface area contributed by atoms with Crippen LogP contribution in [-0.4, -0.2) is 23.2 Å². The van der Waals surface area contributed by atoms with E-state index in [1.54, 1.807) is 0 Å². The summed E-state index contributed by atoms with van der Waals surface area (Å²) in [5, 5.41) is 5.29. The first-order valence-electron chi connectivity index (χ1n) is 16.6. The number of para-hydroxylation sites is 4. The van der Waals surface area contributed by atoms with Crippen LogP contribution < -0.4 is 9.80 Å². The summed E-state index contributed by atoms with van der Waals surface area (Å²) in [6, 6.07) is 52.3. The SMILES string of the molecule is CC(C)n1c2ccccc2c2cc(N(C)c3ccccc3)ccc21.CCn1c2ccccc2c2cc(N(C)c3ccccc3)ccc21. The Morgan fingerprint density at radius 1 is 0.447 bits per heavy atom. The van der Waals surface area contributed by atoms with E-state index in [0.29, 0.717) is 6.04 Å². The summed E-state index contributed by atoms with van der Waals surface area (Å²) in [4.78, 5) is 4.47. The molecule has 234 valence electrons. The van der Waals surface area contributed by atoms with E-state index >= 15 is 0 Å². The third-order valence-electron chi connectivity index (χ3n) is 9.34. The normalized spacial score (nSPS) is 11.4. The Labute approximate surface area is 277 Å². The average molecular weight is 615 g/mol. The van der Waals surface area contributed by atoms with Gasteiger partial charge in [-0.05, 0) is 93.6 Å². The number of benzene rings is 6. The fraction of sp³-hybridized carbons (Fsp3) is 0.163. The van der Waals surface area contributed by atoms with Gasteiger partial charge in [0.1, 0.15) is 0 Å². The monoisotopic (exact) mass is 614 g/mol. The standard InChI is InChI=1S/C22H22N2.C21H20N2/c1-16(2)24-21-12-8-7-11-19(21)20-15-18(13-14-22(20)24)23(3)17-9-5-4-6-10-17;1-3-23-20-12-8-7-11-18(20)19-15-17(13-14-21(19)23)22(2)16-9-5-4-6-10-16/h4-16H,1-3H3;4-15H,3H2,1-2H3. The van der Waals surface area contributed by atoms with Crippen molar-refractivity contribution in [3.63, 3.8) is 0 Å². The van der Waals surface area contributed by atoms with Gasteiger partial charge in [0.15, 0.2) is 0 Å². The third kappa shape index (κ3) is 5.50. The Kier molecular flexibility index (Phi) is 8.17. The fourth-order valence-electron chi connectivity index (χ4n) is 6.95. The molecule has 0 radical (unpaired) electrons. The van der Waals surface area contributed by atoms with E-state index in [1.807, 2.05) is 0 Å². The van der Waals surface area contributed by atoms with Gasteiger partial charge in [-0.25, -0.2) is 0 Å². The number of hydrogen-bond acceptors (Lipinski definition) is 2. The van der Waals surface area contributed by atoms with Crippen LogP contribution in [0.2, 0.25) is 0 Å². The lowest BCUT2D eigenvalue weighted by Crippen LogP contribution is -2.09. The van der Waals surface area contributed by atoms with Crippen LogP contribution in [0.1, 0.15) is 26.8 Å². The van der Waals surface area contributed by atoms with Crippen molar-refractivity contribution in [2.24, 2.45) is 0 Å². The molecule has 0 saturated carbocycles. The lowest BCUT2D eigenvalue weighted by molar-refractivity contribution is 0.642. The fourth-order valence-corrected chi connectivity index (χ4v) is 6.95. The third-order valence-corrected chi connectivity index (χ3v) is 9.34. The maximum atomic E-state index is 2.43. The Balaban J connectivity index is 0.000000150. The molecule has 0 spiro atoms. The number of hydrogen-bond donors (Lipinski definition) is 0. The second-order valence-corrected chi connectivity index (χ2v) is 12.4. The first-order valence-corrected chi connectivity index (χ1v) is 16.6. The number of aromatic nitrogens is 2. The minimum atomic E-state index is 0.435. The van der Waals surface area contributed by atoms with Crippen LogP contribution in [0.3, 0.4) is 0 Å². The highest BCUT2D eigenvalue weighted by atomic mass is 15.1. The van der Waals surface area contributed by atoms with E-state index in [-0.39, 0.29) is 0 Å². The highest BCUT2D eigenvalue weighted by molar-refractivity contribution is 6.10. The molecule has 0 amide bonds. The van der Waals surface area contributed by atoms with Gasteiger partial charge >= 0.3 is 0 Å². The van der Waals surface area contributed by atoms with Crippen LogP contribution in [-0.2, 0) is 6.54 Å². The Bertz CT molecular complexity index is 2290. The summed E-state index contributed by atoms with van der Waals surface area (Å²) in [7, 11) is 4.24. The summed E-state index contributed by atoms with van der Waals surface area (Å²) < 4.78 is 4.81. The van der Waals surface area contributed by atoms with E-state index in [2.05, 4.69) is 199 Å². The van der Waals surface area contributed by atoms with E-state index < -0.39 is 0 Å². The van der Waals surface area contributed by atoms with Crippen LogP contribution in [0.4, 0.5) is 22.7 Å². The van der Waals surface area contributed by atoms with E-state index in [0.717, 1.165) is 6.54 Å². The lowest BCUT2D eigenvalue weighted by Gasteiger charge is -2.20. The number of fused-ring (bicyclic) bond motifs is 6. The Hall–Kier alpha value is -5.48. The van der Waals surface area contributed by atoms with Gasteiger partial charge in [0, 0.05) is 93.0 Å². The topological polar surface area (TPSA) is 16.3 Å². The molecule has 2 aromatic heterocycles. The predicted molar refractivity (Wildman–Crippen MR) is 204 cm³/mol. The van der Waals surface area contributed by atoms with Crippen molar-refractivity contribution in [3.05, 3.63) is 146 Å². The van der Waals surface area contributed by atoms with Gasteiger partial charge in [-0.15, -0.1) is 0 Å². The molecule has 8 rings (SSSR count). The molecule has 0 aliphatic rings. The highest BCUT2D eigenvalue weighted by Crippen LogP contribution is 2.36. The van der Waals surface area contributed by atoms with Crippen molar-refractivity contribution >= 4 is 66.4 Å². The molecule has 2 heterocycles. The van der Waals surface area contributed by atoms with Crippen molar-refractivity contribution in [3.8, 4) is 0 Å². The van der Waals surface area contributed by atoms with Gasteiger partial charge in [0.05, 0.1) is 0 Å². The van der Waals surface area contributed by atoms with Crippen molar-refractivity contribution in [2.75, 3.05) is 23.9 Å². The molecule has 4 nitrogen and oxygen atoms in total. The summed E-state index contributed by atoms with van der Waals surface area (Å²) in [5.74, 6) is 0. The van der Waals surface area contributed by atoms with Gasteiger partial charge in [-0.3, -0.25) is 0 Å². The molecular weight excluding hydrogens is 573 g/mol. The van der Waals surface area contributed by atoms with Crippen molar-refractivity contribution in [1.29, 1.82) is 0 Å². The zero-order valence-electron chi connectivity index (χ0n) is 27.9. The smallest absolute Gasteiger partial charge is 0.0495 e. The average Bonchev–Trinajstić information content (AvgIpc) is 3.64. The number of anilines is 4. The van der Waals surface area contributed by atoms with Gasteiger partial charge in [0.25, 0.3) is 0 Å². The molecule has 0 unspecified atom stereocenters. The first kappa shape index (κ1) is 30.2. The number of nitrogens with zero attached hydrogens (tertiary/aromatic N) is 4. The number of aryl methyl sites for hydroxylation is 1. The second-order valence-electron chi connectivity index (χ2n) is 12.4. The van der Waals surface area contributed by atoms with E-state index in [1.165, 1.54) is 66.4 Å².